The molecule has 0 radical (unpaired) electrons. The van der Waals surface area contributed by atoms with Gasteiger partial charge in [-0.2, -0.15) is 0 Å². The van der Waals surface area contributed by atoms with Crippen LogP contribution in [0.25, 0.3) is 0 Å². The number of aliphatic imine (C=N–C) groups is 1. The monoisotopic (exact) mass is 165 g/mol. The van der Waals surface area contributed by atoms with Crippen LogP contribution in [0, 0.1) is 0 Å². The molecule has 0 aromatic carbocycles. The predicted octanol–water partition coefficient (Wildman–Crippen LogP) is 1.36. The Morgan fingerprint density at radius 2 is 2.58 bits per heavy atom. The van der Waals surface area contributed by atoms with E-state index < -0.39 is 0 Å². The number of allylic oxidation sites excluding steroid dienone is 1. The van der Waals surface area contributed by atoms with Gasteiger partial charge < -0.3 is 10.6 Å². The predicted molar refractivity (Wildman–Crippen MR) is 51.7 cm³/mol. The molecule has 3 heteroatoms. The van der Waals surface area contributed by atoms with Crippen molar-refractivity contribution < 1.29 is 0 Å². The molecule has 1 heterocycles. The van der Waals surface area contributed by atoms with E-state index in [-0.39, 0.29) is 0 Å². The highest BCUT2D eigenvalue weighted by Crippen LogP contribution is 1.95. The number of nitrogens with one attached hydrogen (secondary N) is 2. The lowest BCUT2D eigenvalue weighted by Crippen LogP contribution is -2.21. The average Bonchev–Trinajstić information content (AvgIpc) is 2.16. The fourth-order valence-electron chi connectivity index (χ4n) is 0.755. The molecule has 0 fully saturated rings. The summed E-state index contributed by atoms with van der Waals surface area (Å²) in [7, 11) is 0. The summed E-state index contributed by atoms with van der Waals surface area (Å²) < 4.78 is 0. The SMILES string of the molecule is CC[C@@H](C)N/C=C1/N=CC=CN1. The normalized spacial score (nSPS) is 20.7. The molecule has 0 amide bonds. The van der Waals surface area contributed by atoms with Crippen molar-refractivity contribution in [2.24, 2.45) is 4.99 Å². The van der Waals surface area contributed by atoms with Gasteiger partial charge in [-0.25, -0.2) is 4.99 Å². The highest BCUT2D eigenvalue weighted by molar-refractivity contribution is 5.73. The van der Waals surface area contributed by atoms with Crippen LogP contribution in [-0.4, -0.2) is 12.3 Å². The van der Waals surface area contributed by atoms with Crippen molar-refractivity contribution in [2.45, 2.75) is 26.3 Å². The van der Waals surface area contributed by atoms with Crippen LogP contribution in [0.15, 0.2) is 29.3 Å². The minimum Gasteiger partial charge on any atom is -0.385 e. The zero-order valence-electron chi connectivity index (χ0n) is 7.54. The van der Waals surface area contributed by atoms with Gasteiger partial charge in [-0.3, -0.25) is 0 Å². The Labute approximate surface area is 73.3 Å². The van der Waals surface area contributed by atoms with Gasteiger partial charge in [-0.15, -0.1) is 0 Å². The molecule has 0 aromatic heterocycles. The number of hydrogen-bond acceptors (Lipinski definition) is 3. The van der Waals surface area contributed by atoms with Crippen molar-refractivity contribution in [3.05, 3.63) is 24.3 Å². The summed E-state index contributed by atoms with van der Waals surface area (Å²) in [6.45, 7) is 4.28. The van der Waals surface area contributed by atoms with Crippen LogP contribution in [0.3, 0.4) is 0 Å². The lowest BCUT2D eigenvalue weighted by Gasteiger charge is -2.10. The van der Waals surface area contributed by atoms with Gasteiger partial charge in [0, 0.05) is 24.7 Å². The molecule has 0 spiro atoms. The summed E-state index contributed by atoms with van der Waals surface area (Å²) in [6.07, 6.45) is 8.50. The Bertz CT molecular complexity index is 216. The summed E-state index contributed by atoms with van der Waals surface area (Å²) in [5.41, 5.74) is 0. The van der Waals surface area contributed by atoms with Gasteiger partial charge in [0.25, 0.3) is 0 Å². The van der Waals surface area contributed by atoms with Crippen molar-refractivity contribution in [3.63, 3.8) is 0 Å². The number of hydrogen-bond donors (Lipinski definition) is 2. The van der Waals surface area contributed by atoms with Gasteiger partial charge in [-0.1, -0.05) is 6.92 Å². The van der Waals surface area contributed by atoms with Crippen LogP contribution in [0.5, 0.6) is 0 Å². The first-order valence-electron chi connectivity index (χ1n) is 4.25. The number of rotatable bonds is 3. The van der Waals surface area contributed by atoms with E-state index in [9.17, 15) is 0 Å². The fraction of sp³-hybridized carbons (Fsp3) is 0.444. The van der Waals surface area contributed by atoms with Gasteiger partial charge in [-0.05, 0) is 19.4 Å². The first-order valence-corrected chi connectivity index (χ1v) is 4.25. The van der Waals surface area contributed by atoms with Gasteiger partial charge in [0.15, 0.2) is 0 Å². The third-order valence-electron chi connectivity index (χ3n) is 1.74. The lowest BCUT2D eigenvalue weighted by atomic mass is 10.3. The summed E-state index contributed by atoms with van der Waals surface area (Å²) in [5.74, 6) is 0.859. The fourth-order valence-corrected chi connectivity index (χ4v) is 0.755. The van der Waals surface area contributed by atoms with E-state index >= 15 is 0 Å². The molecule has 1 rings (SSSR count). The van der Waals surface area contributed by atoms with Crippen molar-refractivity contribution in [2.75, 3.05) is 0 Å². The molecule has 0 saturated carbocycles. The molecule has 66 valence electrons. The van der Waals surface area contributed by atoms with E-state index in [0.717, 1.165) is 12.2 Å². The topological polar surface area (TPSA) is 36.4 Å². The lowest BCUT2D eigenvalue weighted by molar-refractivity contribution is 0.613. The van der Waals surface area contributed by atoms with Crippen molar-refractivity contribution >= 4 is 6.21 Å². The van der Waals surface area contributed by atoms with Crippen LogP contribution in [0.1, 0.15) is 20.3 Å². The van der Waals surface area contributed by atoms with E-state index in [1.807, 2.05) is 18.5 Å². The third-order valence-corrected chi connectivity index (χ3v) is 1.74. The van der Waals surface area contributed by atoms with Crippen LogP contribution in [0.4, 0.5) is 0 Å². The van der Waals surface area contributed by atoms with E-state index in [1.54, 1.807) is 6.21 Å². The smallest absolute Gasteiger partial charge is 0.145 e. The molecule has 12 heavy (non-hydrogen) atoms. The maximum atomic E-state index is 4.11. The van der Waals surface area contributed by atoms with Gasteiger partial charge in [0.1, 0.15) is 5.82 Å². The molecule has 0 bridgehead atoms. The Balaban J connectivity index is 2.37. The molecular weight excluding hydrogens is 150 g/mol. The second-order valence-electron chi connectivity index (χ2n) is 2.79. The zero-order chi connectivity index (χ0) is 8.81. The molecule has 0 unspecified atom stereocenters. The third kappa shape index (κ3) is 2.78. The van der Waals surface area contributed by atoms with E-state index in [0.29, 0.717) is 6.04 Å². The summed E-state index contributed by atoms with van der Waals surface area (Å²) in [4.78, 5) is 4.11. The van der Waals surface area contributed by atoms with Gasteiger partial charge >= 0.3 is 0 Å². The van der Waals surface area contributed by atoms with Crippen molar-refractivity contribution in [3.8, 4) is 0 Å². The highest BCUT2D eigenvalue weighted by Gasteiger charge is 1.95. The Morgan fingerprint density at radius 1 is 1.75 bits per heavy atom. The average molecular weight is 165 g/mol. The van der Waals surface area contributed by atoms with E-state index in [2.05, 4.69) is 29.5 Å². The second kappa shape index (κ2) is 4.59. The molecule has 2 N–H and O–H groups in total. The minimum absolute atomic E-state index is 0.500. The largest absolute Gasteiger partial charge is 0.385 e. The minimum atomic E-state index is 0.500. The summed E-state index contributed by atoms with van der Waals surface area (Å²) in [6, 6.07) is 0.500. The molecule has 0 aromatic rings. The first-order chi connectivity index (χ1) is 5.83. The molecule has 0 aliphatic carbocycles. The molecule has 3 nitrogen and oxygen atoms in total. The molecule has 1 aliphatic rings. The molecule has 0 saturated heterocycles. The molecule has 1 atom stereocenters. The van der Waals surface area contributed by atoms with Crippen LogP contribution in [0.2, 0.25) is 0 Å². The van der Waals surface area contributed by atoms with E-state index in [4.69, 9.17) is 0 Å². The van der Waals surface area contributed by atoms with E-state index in [1.165, 1.54) is 0 Å². The van der Waals surface area contributed by atoms with Crippen LogP contribution in [-0.2, 0) is 0 Å². The maximum Gasteiger partial charge on any atom is 0.145 e. The van der Waals surface area contributed by atoms with Gasteiger partial charge in [0.2, 0.25) is 0 Å². The Morgan fingerprint density at radius 3 is 3.17 bits per heavy atom. The van der Waals surface area contributed by atoms with Crippen molar-refractivity contribution in [1.29, 1.82) is 0 Å². The van der Waals surface area contributed by atoms with Gasteiger partial charge in [0.05, 0.1) is 0 Å². The standard InChI is InChI=1S/C9H15N3/c1-3-8(2)12-7-9-10-5-4-6-11-9/h4-8,10,12H,3H2,1-2H3/b9-7+/t8-/m1/s1. The zero-order valence-corrected chi connectivity index (χ0v) is 7.54. The molecule has 1 aliphatic heterocycles. The first kappa shape index (κ1) is 8.84. The quantitative estimate of drug-likeness (QED) is 0.662. The number of nitrogens with zero attached hydrogens (tertiary/aromatic N) is 1. The van der Waals surface area contributed by atoms with Crippen LogP contribution >= 0.6 is 0 Å². The Kier molecular flexibility index (Phi) is 3.38. The Hall–Kier alpha value is -1.25. The highest BCUT2D eigenvalue weighted by atomic mass is 15.1. The second-order valence-corrected chi connectivity index (χ2v) is 2.79. The summed E-state index contributed by atoms with van der Waals surface area (Å²) in [5, 5.41) is 6.25. The summed E-state index contributed by atoms with van der Waals surface area (Å²) >= 11 is 0. The molecular formula is C9H15N3. The van der Waals surface area contributed by atoms with Crippen molar-refractivity contribution in [1.82, 2.24) is 10.6 Å². The maximum absolute atomic E-state index is 4.11. The van der Waals surface area contributed by atoms with Crippen LogP contribution < -0.4 is 10.6 Å².